The lowest BCUT2D eigenvalue weighted by molar-refractivity contribution is -0.181. The highest BCUT2D eigenvalue weighted by Crippen LogP contribution is 2.37. The summed E-state index contributed by atoms with van der Waals surface area (Å²) >= 11 is 1.81. The molecule has 4 rings (SSSR count). The maximum atomic E-state index is 12.5. The van der Waals surface area contributed by atoms with Gasteiger partial charge in [-0.15, -0.1) is 11.8 Å². The molecule has 8 heteroatoms. The molecule has 1 amide bonds. The third-order valence-electron chi connectivity index (χ3n) is 6.14. The smallest absolute Gasteiger partial charge is 0.391 e. The number of carbonyl (C=O) groups is 1. The third-order valence-corrected chi connectivity index (χ3v) is 7.03. The first-order valence-electron chi connectivity index (χ1n) is 12.2. The molecule has 0 aliphatic heterocycles. The van der Waals surface area contributed by atoms with Crippen molar-refractivity contribution in [2.75, 3.05) is 12.9 Å². The van der Waals surface area contributed by atoms with Crippen LogP contribution in [0.2, 0.25) is 0 Å². The summed E-state index contributed by atoms with van der Waals surface area (Å²) in [5.74, 6) is 0.545. The number of nitrogens with one attached hydrogen (secondary N) is 1. The number of carbonyl (C=O) groups excluding carboxylic acids is 1. The van der Waals surface area contributed by atoms with Crippen LogP contribution in [-0.2, 0) is 6.54 Å². The van der Waals surface area contributed by atoms with Gasteiger partial charge in [0, 0.05) is 28.1 Å². The molecule has 3 aromatic rings. The molecule has 0 unspecified atom stereocenters. The number of aromatic nitrogens is 1. The molecule has 0 saturated heterocycles. The minimum atomic E-state index is -3.93. The lowest BCUT2D eigenvalue weighted by atomic mass is 9.89. The molecule has 2 aromatic carbocycles. The fourth-order valence-electron chi connectivity index (χ4n) is 4.24. The Morgan fingerprint density at radius 1 is 1.08 bits per heavy atom. The SMILES string of the molecule is CCSc1ccc(CNC(=O)c2ccc3c(OC)nc(C)cc3c2)cc1.FC(F)(F)C1CCCCC1. The van der Waals surface area contributed by atoms with Crippen LogP contribution in [0.5, 0.6) is 5.88 Å². The van der Waals surface area contributed by atoms with Crippen molar-refractivity contribution < 1.29 is 22.7 Å². The summed E-state index contributed by atoms with van der Waals surface area (Å²) in [5.41, 5.74) is 2.57. The van der Waals surface area contributed by atoms with Gasteiger partial charge in [0.25, 0.3) is 5.91 Å². The Morgan fingerprint density at radius 3 is 2.36 bits per heavy atom. The van der Waals surface area contributed by atoms with Gasteiger partial charge in [-0.05, 0) is 72.9 Å². The molecule has 1 heterocycles. The number of ether oxygens (including phenoxy) is 1. The van der Waals surface area contributed by atoms with Crippen LogP contribution in [0.15, 0.2) is 53.4 Å². The zero-order valence-corrected chi connectivity index (χ0v) is 21.8. The van der Waals surface area contributed by atoms with Gasteiger partial charge in [0.15, 0.2) is 0 Å². The Labute approximate surface area is 215 Å². The van der Waals surface area contributed by atoms with Gasteiger partial charge in [0.05, 0.1) is 13.0 Å². The molecule has 0 atom stereocenters. The largest absolute Gasteiger partial charge is 0.481 e. The van der Waals surface area contributed by atoms with E-state index >= 15 is 0 Å². The van der Waals surface area contributed by atoms with Gasteiger partial charge < -0.3 is 10.1 Å². The summed E-state index contributed by atoms with van der Waals surface area (Å²) in [6.07, 6.45) is -0.742. The molecule has 4 nitrogen and oxygen atoms in total. The van der Waals surface area contributed by atoms with E-state index in [4.69, 9.17) is 4.74 Å². The molecule has 1 aliphatic carbocycles. The second-order valence-corrected chi connectivity index (χ2v) is 10.2. The van der Waals surface area contributed by atoms with Gasteiger partial charge >= 0.3 is 6.18 Å². The molecule has 0 bridgehead atoms. The van der Waals surface area contributed by atoms with Crippen LogP contribution in [0.4, 0.5) is 13.2 Å². The first kappa shape index (κ1) is 27.8. The minimum Gasteiger partial charge on any atom is -0.481 e. The summed E-state index contributed by atoms with van der Waals surface area (Å²) in [6.45, 7) is 4.55. The van der Waals surface area contributed by atoms with E-state index in [9.17, 15) is 18.0 Å². The number of aryl methyl sites for hydroxylation is 1. The highest BCUT2D eigenvalue weighted by molar-refractivity contribution is 7.99. The molecule has 1 fully saturated rings. The second kappa shape index (κ2) is 13.0. The molecule has 1 N–H and O–H groups in total. The molecule has 1 aromatic heterocycles. The van der Waals surface area contributed by atoms with Crippen LogP contribution >= 0.6 is 11.8 Å². The number of nitrogens with zero attached hydrogens (tertiary/aromatic N) is 1. The van der Waals surface area contributed by atoms with E-state index in [-0.39, 0.29) is 5.91 Å². The highest BCUT2D eigenvalue weighted by atomic mass is 32.2. The lowest BCUT2D eigenvalue weighted by Crippen LogP contribution is -2.24. The van der Waals surface area contributed by atoms with Crippen molar-refractivity contribution in [2.24, 2.45) is 5.92 Å². The Bertz CT molecular complexity index is 1140. The quantitative estimate of drug-likeness (QED) is 0.339. The number of amides is 1. The van der Waals surface area contributed by atoms with Crippen molar-refractivity contribution in [3.8, 4) is 5.88 Å². The van der Waals surface area contributed by atoms with Gasteiger partial charge in [-0.1, -0.05) is 38.3 Å². The highest BCUT2D eigenvalue weighted by Gasteiger charge is 2.39. The number of thioether (sulfide) groups is 1. The predicted octanol–water partition coefficient (Wildman–Crippen LogP) is 7.72. The van der Waals surface area contributed by atoms with E-state index in [2.05, 4.69) is 41.5 Å². The number of hydrogen-bond donors (Lipinski definition) is 1. The van der Waals surface area contributed by atoms with Gasteiger partial charge in [-0.2, -0.15) is 13.2 Å². The zero-order chi connectivity index (χ0) is 26.1. The monoisotopic (exact) mass is 518 g/mol. The van der Waals surface area contributed by atoms with Gasteiger partial charge in [-0.3, -0.25) is 4.79 Å². The average Bonchev–Trinajstić information content (AvgIpc) is 2.87. The molecule has 36 heavy (non-hydrogen) atoms. The van der Waals surface area contributed by atoms with E-state index in [1.807, 2.05) is 36.9 Å². The number of methoxy groups -OCH3 is 1. The van der Waals surface area contributed by atoms with Crippen molar-refractivity contribution in [1.29, 1.82) is 0 Å². The Balaban J connectivity index is 0.000000303. The summed E-state index contributed by atoms with van der Waals surface area (Å²) < 4.78 is 41.2. The van der Waals surface area contributed by atoms with Crippen molar-refractivity contribution in [1.82, 2.24) is 10.3 Å². The Morgan fingerprint density at radius 2 is 1.78 bits per heavy atom. The van der Waals surface area contributed by atoms with Gasteiger partial charge in [0.2, 0.25) is 5.88 Å². The average molecular weight is 519 g/mol. The lowest BCUT2D eigenvalue weighted by Gasteiger charge is -2.23. The molecule has 1 aliphatic rings. The number of rotatable bonds is 6. The summed E-state index contributed by atoms with van der Waals surface area (Å²) in [6, 6.07) is 15.8. The molecule has 194 valence electrons. The normalized spacial score (nSPS) is 14.2. The fraction of sp³-hybridized carbons (Fsp3) is 0.429. The number of hydrogen-bond acceptors (Lipinski definition) is 4. The fourth-order valence-corrected chi connectivity index (χ4v) is 4.90. The van der Waals surface area contributed by atoms with Gasteiger partial charge in [-0.25, -0.2) is 4.98 Å². The summed E-state index contributed by atoms with van der Waals surface area (Å²) in [5, 5.41) is 4.83. The maximum Gasteiger partial charge on any atom is 0.391 e. The Kier molecular flexibility index (Phi) is 10.0. The van der Waals surface area contributed by atoms with E-state index in [1.165, 1.54) is 4.90 Å². The van der Waals surface area contributed by atoms with Crippen LogP contribution in [0.25, 0.3) is 10.8 Å². The van der Waals surface area contributed by atoms with Crippen LogP contribution in [0, 0.1) is 12.8 Å². The predicted molar refractivity (Wildman–Crippen MR) is 140 cm³/mol. The molecule has 0 spiro atoms. The van der Waals surface area contributed by atoms with Crippen LogP contribution < -0.4 is 10.1 Å². The molecular formula is C28H33F3N2O2S. The van der Waals surface area contributed by atoms with Crippen LogP contribution in [-0.4, -0.2) is 29.9 Å². The van der Waals surface area contributed by atoms with E-state index in [1.54, 1.807) is 13.2 Å². The third kappa shape index (κ3) is 7.88. The van der Waals surface area contributed by atoms with Crippen molar-refractivity contribution in [3.05, 3.63) is 65.4 Å². The summed E-state index contributed by atoms with van der Waals surface area (Å²) in [7, 11) is 1.60. The number of fused-ring (bicyclic) bond motifs is 1. The summed E-state index contributed by atoms with van der Waals surface area (Å²) in [4.78, 5) is 18.1. The first-order chi connectivity index (χ1) is 17.2. The minimum absolute atomic E-state index is 0.0904. The standard InChI is InChI=1S/C21H22N2O2S.C7H11F3/c1-4-26-18-8-5-15(6-9-18)13-22-20(24)16-7-10-19-17(12-16)11-14(2)23-21(19)25-3;8-7(9,10)6-4-2-1-3-5-6/h5-12H,4,13H2,1-3H3,(H,22,24);6H,1-5H2. The van der Waals surface area contributed by atoms with E-state index in [0.29, 0.717) is 30.8 Å². The number of alkyl halides is 3. The maximum absolute atomic E-state index is 12.5. The molecule has 0 radical (unpaired) electrons. The van der Waals surface area contributed by atoms with Crippen LogP contribution in [0.1, 0.15) is 60.6 Å². The van der Waals surface area contributed by atoms with Crippen molar-refractivity contribution in [2.45, 2.75) is 63.6 Å². The molecular weight excluding hydrogens is 485 g/mol. The zero-order valence-electron chi connectivity index (χ0n) is 21.0. The number of pyridine rings is 1. The number of benzene rings is 2. The Hall–Kier alpha value is -2.74. The van der Waals surface area contributed by atoms with Crippen molar-refractivity contribution in [3.63, 3.8) is 0 Å². The van der Waals surface area contributed by atoms with E-state index < -0.39 is 12.1 Å². The number of halogens is 3. The topological polar surface area (TPSA) is 51.2 Å². The van der Waals surface area contributed by atoms with Gasteiger partial charge in [0.1, 0.15) is 0 Å². The second-order valence-electron chi connectivity index (χ2n) is 8.85. The van der Waals surface area contributed by atoms with Crippen LogP contribution in [0.3, 0.4) is 0 Å². The first-order valence-corrected chi connectivity index (χ1v) is 13.2. The van der Waals surface area contributed by atoms with E-state index in [0.717, 1.165) is 47.0 Å². The molecule has 1 saturated carbocycles. The van der Waals surface area contributed by atoms with Crippen molar-refractivity contribution >= 4 is 28.4 Å².